The van der Waals surface area contributed by atoms with Crippen LogP contribution in [0.1, 0.15) is 34.2 Å². The van der Waals surface area contributed by atoms with E-state index in [0.717, 1.165) is 24.2 Å². The lowest BCUT2D eigenvalue weighted by molar-refractivity contribution is -0.119. The molecule has 2 rings (SSSR count). The van der Waals surface area contributed by atoms with E-state index in [1.807, 2.05) is 32.9 Å². The maximum Gasteiger partial charge on any atom is 0.228 e. The number of rotatable bonds is 0. The molecule has 1 aliphatic heterocycles. The van der Waals surface area contributed by atoms with Gasteiger partial charge in [0.05, 0.1) is 0 Å². The van der Waals surface area contributed by atoms with Gasteiger partial charge in [-0.15, -0.1) is 0 Å². The van der Waals surface area contributed by atoms with Crippen molar-refractivity contribution in [2.24, 2.45) is 5.92 Å². The van der Waals surface area contributed by atoms with E-state index in [0.29, 0.717) is 0 Å². The number of carbonyl (C=O) groups excluding carboxylic acids is 1. The summed E-state index contributed by atoms with van der Waals surface area (Å²) >= 11 is 0. The van der Waals surface area contributed by atoms with E-state index in [-0.39, 0.29) is 13.3 Å². The van der Waals surface area contributed by atoms with Crippen LogP contribution in [0, 0.1) is 5.92 Å². The smallest absolute Gasteiger partial charge is 0.228 e. The maximum absolute atomic E-state index is 11.4. The standard InChI is InChI=1S/C10H12N2O.C2H6.H2/c1-7-4-5-8-3-2-6-11-9(8)12-10(7)13;1-2;/h2-3,6-7H,4-5H2,1H3,(H,11,12,13);1-2H3;1H. The number of anilines is 1. The highest BCUT2D eigenvalue weighted by molar-refractivity contribution is 5.92. The zero-order valence-corrected chi connectivity index (χ0v) is 9.58. The molecule has 3 heteroatoms. The van der Waals surface area contributed by atoms with Gasteiger partial charge in [-0.1, -0.05) is 26.8 Å². The fourth-order valence-electron chi connectivity index (χ4n) is 1.50. The molecule has 0 bridgehead atoms. The average molecular weight is 208 g/mol. The summed E-state index contributed by atoms with van der Waals surface area (Å²) in [6.07, 6.45) is 3.54. The van der Waals surface area contributed by atoms with Gasteiger partial charge in [-0.05, 0) is 24.5 Å². The van der Waals surface area contributed by atoms with Gasteiger partial charge in [-0.3, -0.25) is 4.79 Å². The van der Waals surface area contributed by atoms with Gasteiger partial charge >= 0.3 is 0 Å². The second kappa shape index (κ2) is 5.49. The third-order valence-corrected chi connectivity index (χ3v) is 2.43. The SMILES string of the molecule is CC.CC1CCc2cccnc2NC1=O.[HH]. The predicted octanol–water partition coefficient (Wildman–Crippen LogP) is 2.87. The van der Waals surface area contributed by atoms with Crippen molar-refractivity contribution in [3.63, 3.8) is 0 Å². The van der Waals surface area contributed by atoms with Crippen LogP contribution >= 0.6 is 0 Å². The Balaban J connectivity index is 0.000000711. The normalized spacial score (nSPS) is 19.1. The van der Waals surface area contributed by atoms with Crippen LogP contribution < -0.4 is 5.32 Å². The molecule has 0 aromatic carbocycles. The fourth-order valence-corrected chi connectivity index (χ4v) is 1.50. The van der Waals surface area contributed by atoms with Crippen LogP contribution in [0.5, 0.6) is 0 Å². The summed E-state index contributed by atoms with van der Waals surface area (Å²) in [4.78, 5) is 15.6. The molecule has 0 spiro atoms. The monoisotopic (exact) mass is 208 g/mol. The molecular formula is C12H20N2O. The van der Waals surface area contributed by atoms with E-state index >= 15 is 0 Å². The zero-order valence-electron chi connectivity index (χ0n) is 9.58. The van der Waals surface area contributed by atoms with Crippen molar-refractivity contribution in [2.45, 2.75) is 33.6 Å². The molecule has 1 amide bonds. The Morgan fingerprint density at radius 3 is 3.00 bits per heavy atom. The Morgan fingerprint density at radius 2 is 2.27 bits per heavy atom. The summed E-state index contributed by atoms with van der Waals surface area (Å²) in [5.74, 6) is 0.906. The Bertz CT molecular complexity index is 342. The van der Waals surface area contributed by atoms with Crippen molar-refractivity contribution in [3.8, 4) is 0 Å². The largest absolute Gasteiger partial charge is 0.310 e. The van der Waals surface area contributed by atoms with Gasteiger partial charge in [-0.25, -0.2) is 4.98 Å². The second-order valence-corrected chi connectivity index (χ2v) is 3.44. The van der Waals surface area contributed by atoms with E-state index < -0.39 is 0 Å². The summed E-state index contributed by atoms with van der Waals surface area (Å²) in [6.45, 7) is 5.95. The first kappa shape index (κ1) is 11.7. The molecule has 0 aliphatic carbocycles. The Labute approximate surface area is 92.4 Å². The molecule has 84 valence electrons. The van der Waals surface area contributed by atoms with E-state index in [4.69, 9.17) is 0 Å². The summed E-state index contributed by atoms with van der Waals surface area (Å²) in [6, 6.07) is 3.92. The van der Waals surface area contributed by atoms with E-state index in [1.54, 1.807) is 6.20 Å². The average Bonchev–Trinajstić information content (AvgIpc) is 2.43. The minimum absolute atomic E-state index is 0. The number of nitrogens with zero attached hydrogens (tertiary/aromatic N) is 1. The Kier molecular flexibility index (Phi) is 4.28. The number of hydrogen-bond acceptors (Lipinski definition) is 2. The molecule has 3 nitrogen and oxygen atoms in total. The first-order valence-corrected chi connectivity index (χ1v) is 5.52. The highest BCUT2D eigenvalue weighted by Crippen LogP contribution is 2.21. The zero-order chi connectivity index (χ0) is 11.3. The van der Waals surface area contributed by atoms with Crippen LogP contribution in [0.25, 0.3) is 0 Å². The molecule has 1 aromatic heterocycles. The van der Waals surface area contributed by atoms with Gasteiger partial charge < -0.3 is 5.32 Å². The molecule has 1 N–H and O–H groups in total. The third kappa shape index (κ3) is 2.78. The number of pyridine rings is 1. The minimum Gasteiger partial charge on any atom is -0.310 e. The van der Waals surface area contributed by atoms with Gasteiger partial charge in [-0.2, -0.15) is 0 Å². The lowest BCUT2D eigenvalue weighted by Gasteiger charge is -2.05. The van der Waals surface area contributed by atoms with Crippen LogP contribution in [-0.4, -0.2) is 10.9 Å². The number of aryl methyl sites for hydroxylation is 1. The van der Waals surface area contributed by atoms with Crippen LogP contribution in [0.3, 0.4) is 0 Å². The van der Waals surface area contributed by atoms with Gasteiger partial charge in [0.2, 0.25) is 5.91 Å². The van der Waals surface area contributed by atoms with Crippen LogP contribution in [-0.2, 0) is 11.2 Å². The molecule has 1 atom stereocenters. The van der Waals surface area contributed by atoms with Crippen molar-refractivity contribution in [3.05, 3.63) is 23.9 Å². The quantitative estimate of drug-likeness (QED) is 0.712. The molecule has 0 fully saturated rings. The number of fused-ring (bicyclic) bond motifs is 1. The van der Waals surface area contributed by atoms with Crippen LogP contribution in [0.15, 0.2) is 18.3 Å². The van der Waals surface area contributed by atoms with E-state index in [1.165, 1.54) is 0 Å². The third-order valence-electron chi connectivity index (χ3n) is 2.43. The number of amides is 1. The molecule has 1 aromatic rings. The summed E-state index contributed by atoms with van der Waals surface area (Å²) < 4.78 is 0. The highest BCUT2D eigenvalue weighted by Gasteiger charge is 2.19. The Hall–Kier alpha value is -1.38. The van der Waals surface area contributed by atoms with Crippen LogP contribution in [0.4, 0.5) is 5.82 Å². The van der Waals surface area contributed by atoms with Crippen molar-refractivity contribution in [2.75, 3.05) is 5.32 Å². The lowest BCUT2D eigenvalue weighted by atomic mass is 10.0. The first-order chi connectivity index (χ1) is 7.27. The molecule has 15 heavy (non-hydrogen) atoms. The van der Waals surface area contributed by atoms with Gasteiger partial charge in [0.15, 0.2) is 0 Å². The molecule has 1 aliphatic rings. The Morgan fingerprint density at radius 1 is 1.53 bits per heavy atom. The van der Waals surface area contributed by atoms with Crippen LogP contribution in [0.2, 0.25) is 0 Å². The number of nitrogens with one attached hydrogen (secondary N) is 1. The second-order valence-electron chi connectivity index (χ2n) is 3.44. The maximum atomic E-state index is 11.4. The number of hydrogen-bond donors (Lipinski definition) is 1. The summed E-state index contributed by atoms with van der Waals surface area (Å²) in [7, 11) is 0. The molecule has 1 unspecified atom stereocenters. The molecule has 2 heterocycles. The number of aromatic nitrogens is 1. The van der Waals surface area contributed by atoms with E-state index in [9.17, 15) is 4.79 Å². The first-order valence-electron chi connectivity index (χ1n) is 5.52. The van der Waals surface area contributed by atoms with Crippen molar-refractivity contribution < 1.29 is 6.22 Å². The van der Waals surface area contributed by atoms with Gasteiger partial charge in [0, 0.05) is 13.5 Å². The highest BCUT2D eigenvalue weighted by atomic mass is 16.1. The van der Waals surface area contributed by atoms with Gasteiger partial charge in [0.1, 0.15) is 5.82 Å². The predicted molar refractivity (Wildman–Crippen MR) is 63.8 cm³/mol. The fraction of sp³-hybridized carbons (Fsp3) is 0.500. The molecule has 0 radical (unpaired) electrons. The summed E-state index contributed by atoms with van der Waals surface area (Å²) in [5.41, 5.74) is 1.14. The van der Waals surface area contributed by atoms with Crippen molar-refractivity contribution in [1.82, 2.24) is 4.98 Å². The number of carbonyl (C=O) groups is 1. The molecular weight excluding hydrogens is 188 g/mol. The molecule has 0 saturated carbocycles. The lowest BCUT2D eigenvalue weighted by Crippen LogP contribution is -2.18. The topological polar surface area (TPSA) is 42.0 Å². The van der Waals surface area contributed by atoms with E-state index in [2.05, 4.69) is 10.3 Å². The molecule has 0 saturated heterocycles. The van der Waals surface area contributed by atoms with Crippen molar-refractivity contribution >= 4 is 11.7 Å². The minimum atomic E-state index is 0. The van der Waals surface area contributed by atoms with Crippen molar-refractivity contribution in [1.29, 1.82) is 0 Å². The van der Waals surface area contributed by atoms with Gasteiger partial charge in [0.25, 0.3) is 0 Å². The summed E-state index contributed by atoms with van der Waals surface area (Å²) in [5, 5.41) is 2.82.